The highest BCUT2D eigenvalue weighted by Crippen LogP contribution is 2.23. The van der Waals surface area contributed by atoms with Crippen LogP contribution < -0.4 is 10.1 Å². The van der Waals surface area contributed by atoms with Crippen LogP contribution in [0.2, 0.25) is 0 Å². The average Bonchev–Trinajstić information content (AvgIpc) is 2.81. The lowest BCUT2D eigenvalue weighted by molar-refractivity contribution is -0.126. The maximum Gasteiger partial charge on any atom is 0.223 e. The first kappa shape index (κ1) is 23.3. The first-order valence-corrected chi connectivity index (χ1v) is 12.9. The van der Waals surface area contributed by atoms with Crippen molar-refractivity contribution in [2.45, 2.75) is 25.5 Å². The lowest BCUT2D eigenvalue weighted by atomic mass is 9.97. The molecule has 0 radical (unpaired) electrons. The van der Waals surface area contributed by atoms with Crippen LogP contribution in [0.5, 0.6) is 5.75 Å². The molecular weight excluding hydrogens is 436 g/mol. The molecule has 0 unspecified atom stereocenters. The molecule has 1 aliphatic heterocycles. The number of carbonyl (C=O) groups excluding carboxylic acids is 1. The Morgan fingerprint density at radius 1 is 1.00 bits per heavy atom. The molecule has 1 aliphatic rings. The van der Waals surface area contributed by atoms with Gasteiger partial charge in [0.25, 0.3) is 0 Å². The van der Waals surface area contributed by atoms with Gasteiger partial charge >= 0.3 is 0 Å². The molecular formula is C26H30N2O4S. The van der Waals surface area contributed by atoms with Crippen molar-refractivity contribution >= 4 is 26.7 Å². The third-order valence-electron chi connectivity index (χ3n) is 6.04. The summed E-state index contributed by atoms with van der Waals surface area (Å²) in [6.07, 6.45) is 1.06. The summed E-state index contributed by atoms with van der Waals surface area (Å²) in [5.41, 5.74) is 1.84. The minimum Gasteiger partial charge on any atom is -0.492 e. The molecule has 0 atom stereocenters. The second-order valence-electron chi connectivity index (χ2n) is 8.57. The summed E-state index contributed by atoms with van der Waals surface area (Å²) < 4.78 is 32.9. The minimum atomic E-state index is -3.39. The largest absolute Gasteiger partial charge is 0.492 e. The van der Waals surface area contributed by atoms with Gasteiger partial charge in [-0.1, -0.05) is 60.2 Å². The van der Waals surface area contributed by atoms with Gasteiger partial charge in [-0.15, -0.1) is 0 Å². The lowest BCUT2D eigenvalue weighted by Crippen LogP contribution is -2.43. The van der Waals surface area contributed by atoms with Crippen molar-refractivity contribution in [2.24, 2.45) is 5.92 Å². The van der Waals surface area contributed by atoms with E-state index in [2.05, 4.69) is 11.4 Å². The molecule has 1 saturated heterocycles. The molecule has 174 valence electrons. The Hall–Kier alpha value is -2.90. The Kier molecular flexibility index (Phi) is 7.30. The first-order chi connectivity index (χ1) is 15.9. The SMILES string of the molecule is Cc1cccc(CS(=O)(=O)N2CCC(C(=O)NCCOc3ccc4ccccc4c3)CC2)c1. The molecule has 4 rings (SSSR count). The van der Waals surface area contributed by atoms with Gasteiger partial charge in [0, 0.05) is 19.0 Å². The van der Waals surface area contributed by atoms with E-state index in [-0.39, 0.29) is 17.6 Å². The van der Waals surface area contributed by atoms with Crippen LogP contribution in [0.15, 0.2) is 66.7 Å². The number of rotatable bonds is 8. The summed E-state index contributed by atoms with van der Waals surface area (Å²) in [6, 6.07) is 21.6. The molecule has 6 nitrogen and oxygen atoms in total. The quantitative estimate of drug-likeness (QED) is 0.511. The van der Waals surface area contributed by atoms with Crippen molar-refractivity contribution in [2.75, 3.05) is 26.2 Å². The summed E-state index contributed by atoms with van der Waals surface area (Å²) in [5, 5.41) is 5.20. The molecule has 1 heterocycles. The van der Waals surface area contributed by atoms with E-state index in [4.69, 9.17) is 4.74 Å². The lowest BCUT2D eigenvalue weighted by Gasteiger charge is -2.30. The van der Waals surface area contributed by atoms with Crippen molar-refractivity contribution in [1.29, 1.82) is 0 Å². The number of carbonyl (C=O) groups is 1. The molecule has 3 aromatic rings. The highest BCUT2D eigenvalue weighted by atomic mass is 32.2. The molecule has 0 aromatic heterocycles. The number of hydrogen-bond donors (Lipinski definition) is 1. The molecule has 0 saturated carbocycles. The number of piperidine rings is 1. The molecule has 1 fully saturated rings. The average molecular weight is 467 g/mol. The first-order valence-electron chi connectivity index (χ1n) is 11.3. The van der Waals surface area contributed by atoms with Crippen LogP contribution in [0.3, 0.4) is 0 Å². The van der Waals surface area contributed by atoms with Crippen molar-refractivity contribution in [1.82, 2.24) is 9.62 Å². The molecule has 1 amide bonds. The Morgan fingerprint density at radius 3 is 2.52 bits per heavy atom. The number of aryl methyl sites for hydroxylation is 1. The van der Waals surface area contributed by atoms with Crippen molar-refractivity contribution in [3.05, 3.63) is 77.9 Å². The summed E-state index contributed by atoms with van der Waals surface area (Å²) in [5.74, 6) is 0.566. The van der Waals surface area contributed by atoms with Crippen molar-refractivity contribution in [3.8, 4) is 5.75 Å². The van der Waals surface area contributed by atoms with Gasteiger partial charge in [-0.2, -0.15) is 0 Å². The Morgan fingerprint density at radius 2 is 1.76 bits per heavy atom. The Labute approximate surface area is 195 Å². The van der Waals surface area contributed by atoms with Gasteiger partial charge in [0.05, 0.1) is 12.3 Å². The number of hydrogen-bond acceptors (Lipinski definition) is 4. The smallest absolute Gasteiger partial charge is 0.223 e. The predicted molar refractivity (Wildman–Crippen MR) is 131 cm³/mol. The normalized spacial score (nSPS) is 15.4. The van der Waals surface area contributed by atoms with Gasteiger partial charge in [-0.3, -0.25) is 4.79 Å². The number of benzene rings is 3. The topological polar surface area (TPSA) is 75.7 Å². The molecule has 33 heavy (non-hydrogen) atoms. The van der Waals surface area contributed by atoms with Crippen LogP contribution in [0.1, 0.15) is 24.0 Å². The third-order valence-corrected chi connectivity index (χ3v) is 7.89. The number of sulfonamides is 1. The summed E-state index contributed by atoms with van der Waals surface area (Å²) >= 11 is 0. The van der Waals surface area contributed by atoms with E-state index in [0.29, 0.717) is 39.1 Å². The zero-order chi connectivity index (χ0) is 23.3. The number of nitrogens with one attached hydrogen (secondary N) is 1. The van der Waals surface area contributed by atoms with Gasteiger partial charge in [0.1, 0.15) is 12.4 Å². The fraction of sp³-hybridized carbons (Fsp3) is 0.346. The molecule has 0 aliphatic carbocycles. The highest BCUT2D eigenvalue weighted by Gasteiger charge is 2.31. The van der Waals surface area contributed by atoms with Gasteiger partial charge in [-0.25, -0.2) is 12.7 Å². The fourth-order valence-corrected chi connectivity index (χ4v) is 5.80. The Balaban J connectivity index is 1.20. The number of fused-ring (bicyclic) bond motifs is 1. The summed E-state index contributed by atoms with van der Waals surface area (Å²) in [6.45, 7) is 3.50. The predicted octanol–water partition coefficient (Wildman–Crippen LogP) is 3.89. The van der Waals surface area contributed by atoms with Crippen LogP contribution in [-0.2, 0) is 20.6 Å². The van der Waals surface area contributed by atoms with Gasteiger partial charge in [0.15, 0.2) is 0 Å². The minimum absolute atomic E-state index is 0.00233. The van der Waals surface area contributed by atoms with Crippen molar-refractivity contribution < 1.29 is 17.9 Å². The van der Waals surface area contributed by atoms with Crippen LogP contribution >= 0.6 is 0 Å². The molecule has 7 heteroatoms. The standard InChI is InChI=1S/C26H30N2O4S/c1-20-5-4-6-21(17-20)19-33(30,31)28-14-11-23(12-15-28)26(29)27-13-16-32-25-10-9-22-7-2-3-8-24(22)18-25/h2-10,17-18,23H,11-16,19H2,1H3,(H,27,29). The fourth-order valence-electron chi connectivity index (χ4n) is 4.24. The van der Waals surface area contributed by atoms with E-state index in [1.54, 1.807) is 0 Å². The third kappa shape index (κ3) is 6.12. The van der Waals surface area contributed by atoms with Crippen LogP contribution in [-0.4, -0.2) is 44.9 Å². The number of amides is 1. The highest BCUT2D eigenvalue weighted by molar-refractivity contribution is 7.88. The summed E-state index contributed by atoms with van der Waals surface area (Å²) in [4.78, 5) is 12.5. The monoisotopic (exact) mass is 466 g/mol. The van der Waals surface area contributed by atoms with E-state index in [9.17, 15) is 13.2 Å². The van der Waals surface area contributed by atoms with Crippen LogP contribution in [0, 0.1) is 12.8 Å². The van der Waals surface area contributed by atoms with Gasteiger partial charge < -0.3 is 10.1 Å². The van der Waals surface area contributed by atoms with Crippen LogP contribution in [0.4, 0.5) is 0 Å². The van der Waals surface area contributed by atoms with E-state index < -0.39 is 10.0 Å². The molecule has 0 spiro atoms. The summed E-state index contributed by atoms with van der Waals surface area (Å²) in [7, 11) is -3.39. The maximum atomic E-state index is 12.8. The number of nitrogens with zero attached hydrogens (tertiary/aromatic N) is 1. The second kappa shape index (κ2) is 10.4. The number of ether oxygens (including phenoxy) is 1. The molecule has 0 bridgehead atoms. The van der Waals surface area contributed by atoms with E-state index in [1.807, 2.05) is 67.6 Å². The van der Waals surface area contributed by atoms with E-state index >= 15 is 0 Å². The molecule has 3 aromatic carbocycles. The zero-order valence-corrected chi connectivity index (χ0v) is 19.7. The second-order valence-corrected chi connectivity index (χ2v) is 10.5. The Bertz CT molecular complexity index is 1220. The maximum absolute atomic E-state index is 12.8. The van der Waals surface area contributed by atoms with Gasteiger partial charge in [0.2, 0.25) is 15.9 Å². The van der Waals surface area contributed by atoms with Crippen LogP contribution in [0.25, 0.3) is 10.8 Å². The van der Waals surface area contributed by atoms with Crippen molar-refractivity contribution in [3.63, 3.8) is 0 Å². The van der Waals surface area contributed by atoms with Gasteiger partial charge in [-0.05, 0) is 48.2 Å². The van der Waals surface area contributed by atoms with E-state index in [0.717, 1.165) is 27.6 Å². The molecule has 1 N–H and O–H groups in total. The zero-order valence-electron chi connectivity index (χ0n) is 18.9. The van der Waals surface area contributed by atoms with E-state index in [1.165, 1.54) is 4.31 Å².